The number of aryl methyl sites for hydroxylation is 1. The summed E-state index contributed by atoms with van der Waals surface area (Å²) >= 11 is 0. The summed E-state index contributed by atoms with van der Waals surface area (Å²) in [5, 5.41) is 3.52. The molecule has 1 unspecified atom stereocenters. The van der Waals surface area contributed by atoms with Crippen molar-refractivity contribution in [1.82, 2.24) is 10.3 Å². The highest BCUT2D eigenvalue weighted by atomic mass is 16.3. The van der Waals surface area contributed by atoms with Gasteiger partial charge in [-0.2, -0.15) is 0 Å². The molecule has 0 spiro atoms. The number of hydrogen-bond acceptors (Lipinski definition) is 3. The predicted octanol–water partition coefficient (Wildman–Crippen LogP) is 3.34. The molecule has 3 heteroatoms. The van der Waals surface area contributed by atoms with Gasteiger partial charge in [-0.25, -0.2) is 4.98 Å². The van der Waals surface area contributed by atoms with Crippen LogP contribution in [0.2, 0.25) is 0 Å². The first-order valence-electron chi connectivity index (χ1n) is 6.44. The number of benzene rings is 1. The second-order valence-electron chi connectivity index (χ2n) is 4.83. The molecule has 1 aliphatic heterocycles. The number of fused-ring (bicyclic) bond motifs is 1. The van der Waals surface area contributed by atoms with E-state index in [-0.39, 0.29) is 0 Å². The van der Waals surface area contributed by atoms with Crippen LogP contribution in [0, 0.1) is 6.92 Å². The summed E-state index contributed by atoms with van der Waals surface area (Å²) in [6.07, 6.45) is 4.96. The summed E-state index contributed by atoms with van der Waals surface area (Å²) in [5.74, 6) is 0.858. The minimum Gasteiger partial charge on any atom is -0.439 e. The fourth-order valence-corrected chi connectivity index (χ4v) is 2.49. The lowest BCUT2D eigenvalue weighted by Gasteiger charge is -2.10. The number of nitrogens with one attached hydrogen (secondary N) is 1. The molecule has 1 aliphatic rings. The zero-order valence-corrected chi connectivity index (χ0v) is 10.2. The average Bonchev–Trinajstić information content (AvgIpc) is 2.59. The van der Waals surface area contributed by atoms with Crippen LogP contribution in [-0.4, -0.2) is 11.5 Å². The van der Waals surface area contributed by atoms with E-state index in [4.69, 9.17) is 4.42 Å². The average molecular weight is 230 g/mol. The second-order valence-corrected chi connectivity index (χ2v) is 4.83. The van der Waals surface area contributed by atoms with Gasteiger partial charge in [-0.1, -0.05) is 25.0 Å². The number of rotatable bonds is 1. The third kappa shape index (κ3) is 2.07. The van der Waals surface area contributed by atoms with Crippen molar-refractivity contribution >= 4 is 11.1 Å². The van der Waals surface area contributed by atoms with Crippen LogP contribution in [0.25, 0.3) is 11.1 Å². The standard InChI is InChI=1S/C14H18N2O/c1-10-6-5-8-11-13(10)17-14(16-11)12-7-3-2-4-9-15-12/h5-6,8,12,15H,2-4,7,9H2,1H3. The molecule has 1 atom stereocenters. The van der Waals surface area contributed by atoms with Crippen molar-refractivity contribution < 1.29 is 4.42 Å². The van der Waals surface area contributed by atoms with E-state index < -0.39 is 0 Å². The zero-order valence-electron chi connectivity index (χ0n) is 10.2. The number of hydrogen-bond donors (Lipinski definition) is 1. The highest BCUT2D eigenvalue weighted by Crippen LogP contribution is 2.26. The van der Waals surface area contributed by atoms with Gasteiger partial charge in [0.15, 0.2) is 5.58 Å². The molecule has 1 N–H and O–H groups in total. The van der Waals surface area contributed by atoms with Gasteiger partial charge < -0.3 is 9.73 Å². The highest BCUT2D eigenvalue weighted by Gasteiger charge is 2.19. The van der Waals surface area contributed by atoms with Crippen molar-refractivity contribution in [2.75, 3.05) is 6.54 Å². The van der Waals surface area contributed by atoms with Gasteiger partial charge in [0.25, 0.3) is 0 Å². The molecule has 0 aliphatic carbocycles. The molecule has 90 valence electrons. The summed E-state index contributed by atoms with van der Waals surface area (Å²) in [4.78, 5) is 4.61. The Hall–Kier alpha value is -1.35. The van der Waals surface area contributed by atoms with Crippen LogP contribution >= 0.6 is 0 Å². The zero-order chi connectivity index (χ0) is 11.7. The van der Waals surface area contributed by atoms with Crippen molar-refractivity contribution in [2.24, 2.45) is 0 Å². The molecule has 1 fully saturated rings. The summed E-state index contributed by atoms with van der Waals surface area (Å²) in [5.41, 5.74) is 3.08. The lowest BCUT2D eigenvalue weighted by Crippen LogP contribution is -2.20. The summed E-state index contributed by atoms with van der Waals surface area (Å²) in [6.45, 7) is 3.14. The van der Waals surface area contributed by atoms with Gasteiger partial charge in [0.1, 0.15) is 5.52 Å². The normalized spacial score (nSPS) is 21.6. The minimum absolute atomic E-state index is 0.296. The first kappa shape index (κ1) is 10.8. The first-order valence-corrected chi connectivity index (χ1v) is 6.44. The van der Waals surface area contributed by atoms with E-state index in [1.54, 1.807) is 0 Å². The van der Waals surface area contributed by atoms with Crippen LogP contribution < -0.4 is 5.32 Å². The number of oxazole rings is 1. The number of nitrogens with zero attached hydrogens (tertiary/aromatic N) is 1. The Kier molecular flexibility index (Phi) is 2.85. The van der Waals surface area contributed by atoms with E-state index in [1.807, 2.05) is 12.1 Å². The fraction of sp³-hybridized carbons (Fsp3) is 0.500. The summed E-state index contributed by atoms with van der Waals surface area (Å²) in [6, 6.07) is 6.42. The largest absolute Gasteiger partial charge is 0.439 e. The predicted molar refractivity (Wildman–Crippen MR) is 68.0 cm³/mol. The maximum Gasteiger partial charge on any atom is 0.212 e. The molecule has 1 saturated heterocycles. The molecule has 3 rings (SSSR count). The molecular weight excluding hydrogens is 212 g/mol. The van der Waals surface area contributed by atoms with E-state index in [9.17, 15) is 0 Å². The van der Waals surface area contributed by atoms with Crippen LogP contribution in [0.15, 0.2) is 22.6 Å². The molecule has 0 radical (unpaired) electrons. The molecule has 0 bridgehead atoms. The maximum atomic E-state index is 5.92. The maximum absolute atomic E-state index is 5.92. The molecule has 0 saturated carbocycles. The molecule has 17 heavy (non-hydrogen) atoms. The minimum atomic E-state index is 0.296. The quantitative estimate of drug-likeness (QED) is 0.816. The van der Waals surface area contributed by atoms with Crippen molar-refractivity contribution in [3.05, 3.63) is 29.7 Å². The smallest absolute Gasteiger partial charge is 0.212 e. The third-order valence-electron chi connectivity index (χ3n) is 3.49. The van der Waals surface area contributed by atoms with E-state index in [1.165, 1.54) is 19.3 Å². The van der Waals surface area contributed by atoms with Crippen molar-refractivity contribution in [2.45, 2.75) is 38.6 Å². The van der Waals surface area contributed by atoms with Gasteiger partial charge in [0.05, 0.1) is 6.04 Å². The molecular formula is C14H18N2O. The van der Waals surface area contributed by atoms with E-state index in [0.717, 1.165) is 35.5 Å². The SMILES string of the molecule is Cc1cccc2nc(C3CCCCCN3)oc12. The monoisotopic (exact) mass is 230 g/mol. The Bertz CT molecular complexity index is 510. The van der Waals surface area contributed by atoms with Crippen LogP contribution in [0.1, 0.15) is 43.2 Å². The van der Waals surface area contributed by atoms with Gasteiger partial charge in [-0.15, -0.1) is 0 Å². The molecule has 1 aromatic heterocycles. The van der Waals surface area contributed by atoms with E-state index in [0.29, 0.717) is 6.04 Å². The highest BCUT2D eigenvalue weighted by molar-refractivity contribution is 5.76. The van der Waals surface area contributed by atoms with Gasteiger partial charge in [-0.3, -0.25) is 0 Å². The number of aromatic nitrogens is 1. The van der Waals surface area contributed by atoms with E-state index in [2.05, 4.69) is 23.3 Å². The third-order valence-corrected chi connectivity index (χ3v) is 3.49. The molecule has 1 aromatic carbocycles. The topological polar surface area (TPSA) is 38.1 Å². The second kappa shape index (κ2) is 4.49. The van der Waals surface area contributed by atoms with Gasteiger partial charge >= 0.3 is 0 Å². The molecule has 0 amide bonds. The molecule has 2 heterocycles. The fourth-order valence-electron chi connectivity index (χ4n) is 2.49. The van der Waals surface area contributed by atoms with Crippen molar-refractivity contribution in [3.8, 4) is 0 Å². The molecule has 3 nitrogen and oxygen atoms in total. The lowest BCUT2D eigenvalue weighted by molar-refractivity contribution is 0.409. The first-order chi connectivity index (χ1) is 8.34. The Morgan fingerprint density at radius 3 is 3.12 bits per heavy atom. The van der Waals surface area contributed by atoms with Crippen LogP contribution in [0.3, 0.4) is 0 Å². The van der Waals surface area contributed by atoms with Crippen molar-refractivity contribution in [3.63, 3.8) is 0 Å². The van der Waals surface area contributed by atoms with E-state index >= 15 is 0 Å². The molecule has 2 aromatic rings. The summed E-state index contributed by atoms with van der Waals surface area (Å²) in [7, 11) is 0. The Balaban J connectivity index is 1.96. The summed E-state index contributed by atoms with van der Waals surface area (Å²) < 4.78 is 5.92. The van der Waals surface area contributed by atoms with Gasteiger partial charge in [-0.05, 0) is 37.9 Å². The van der Waals surface area contributed by atoms with Gasteiger partial charge in [0.2, 0.25) is 5.89 Å². The Labute approximate surface area is 101 Å². The van der Waals surface area contributed by atoms with Crippen molar-refractivity contribution in [1.29, 1.82) is 0 Å². The Morgan fingerprint density at radius 2 is 2.24 bits per heavy atom. The van der Waals surface area contributed by atoms with Crippen LogP contribution in [0.5, 0.6) is 0 Å². The van der Waals surface area contributed by atoms with Crippen LogP contribution in [0.4, 0.5) is 0 Å². The Morgan fingerprint density at radius 1 is 1.29 bits per heavy atom. The van der Waals surface area contributed by atoms with Crippen LogP contribution in [-0.2, 0) is 0 Å². The lowest BCUT2D eigenvalue weighted by atomic mass is 10.1. The van der Waals surface area contributed by atoms with Gasteiger partial charge in [0, 0.05) is 0 Å². The number of para-hydroxylation sites is 1.